The third-order valence-electron chi connectivity index (χ3n) is 10.3. The van der Waals surface area contributed by atoms with Crippen LogP contribution in [0.1, 0.15) is 37.5 Å². The van der Waals surface area contributed by atoms with Crippen LogP contribution in [0.25, 0.3) is 5.69 Å². The fraction of sp³-hybridized carbons (Fsp3) is 0.268. The number of piperazine rings is 1. The molecule has 4 aromatic carbocycles. The van der Waals surface area contributed by atoms with E-state index >= 15 is 0 Å². The van der Waals surface area contributed by atoms with Crippen molar-refractivity contribution in [3.05, 3.63) is 125 Å². The summed E-state index contributed by atoms with van der Waals surface area (Å²) >= 11 is 0. The van der Waals surface area contributed by atoms with Crippen LogP contribution in [0, 0.1) is 6.92 Å². The molecule has 0 spiro atoms. The van der Waals surface area contributed by atoms with Gasteiger partial charge in [0.05, 0.1) is 16.8 Å². The molecule has 4 heterocycles. The largest absolute Gasteiger partial charge is 0.508 e. The smallest absolute Gasteiger partial charge is 0.264 e. The molecular formula is C41H41N5O6. The molecule has 8 rings (SSSR count). The summed E-state index contributed by atoms with van der Waals surface area (Å²) in [6.45, 7) is 7.12. The number of phenolic OH excluding ortho intramolecular Hbond substituents is 2. The second-order valence-corrected chi connectivity index (χ2v) is 13.8. The van der Waals surface area contributed by atoms with E-state index in [4.69, 9.17) is 9.47 Å². The molecule has 2 N–H and O–H groups in total. The number of ether oxygens (including phenoxy) is 2. The maximum Gasteiger partial charge on any atom is 0.264 e. The predicted molar refractivity (Wildman–Crippen MR) is 197 cm³/mol. The van der Waals surface area contributed by atoms with Crippen LogP contribution in [0.3, 0.4) is 0 Å². The van der Waals surface area contributed by atoms with Crippen LogP contribution in [-0.2, 0) is 13.0 Å². The van der Waals surface area contributed by atoms with E-state index in [0.717, 1.165) is 50.4 Å². The second-order valence-electron chi connectivity index (χ2n) is 13.8. The molecule has 266 valence electrons. The molecule has 11 heteroatoms. The molecule has 0 bridgehead atoms. The molecule has 0 radical (unpaired) electrons. The number of hydrogen-bond donors (Lipinski definition) is 2. The van der Waals surface area contributed by atoms with Gasteiger partial charge in [0.1, 0.15) is 11.5 Å². The van der Waals surface area contributed by atoms with Gasteiger partial charge in [-0.2, -0.15) is 0 Å². The molecule has 0 saturated carbocycles. The van der Waals surface area contributed by atoms with Gasteiger partial charge in [-0.25, -0.2) is 0 Å². The predicted octanol–water partition coefficient (Wildman–Crippen LogP) is 5.72. The molecule has 5 aromatic rings. The summed E-state index contributed by atoms with van der Waals surface area (Å²) in [6.07, 6.45) is 2.51. The van der Waals surface area contributed by atoms with Crippen molar-refractivity contribution >= 4 is 23.2 Å². The van der Waals surface area contributed by atoms with E-state index in [-0.39, 0.29) is 36.1 Å². The fourth-order valence-electron chi connectivity index (χ4n) is 7.44. The topological polar surface area (TPSA) is 111 Å². The highest BCUT2D eigenvalue weighted by molar-refractivity contribution is 6.11. The number of likely N-dealkylation sites (N-methyl/N-ethyl adjacent to an activating group) is 1. The lowest BCUT2D eigenvalue weighted by Crippen LogP contribution is -2.53. The highest BCUT2D eigenvalue weighted by Gasteiger charge is 2.35. The first-order valence-corrected chi connectivity index (χ1v) is 17.6. The van der Waals surface area contributed by atoms with Crippen LogP contribution in [0.2, 0.25) is 0 Å². The lowest BCUT2D eigenvalue weighted by atomic mass is 9.92. The van der Waals surface area contributed by atoms with Gasteiger partial charge in [0, 0.05) is 74.6 Å². The van der Waals surface area contributed by atoms with E-state index < -0.39 is 0 Å². The minimum atomic E-state index is -0.327. The van der Waals surface area contributed by atoms with Gasteiger partial charge in [0.25, 0.3) is 11.8 Å². The molecule has 1 saturated heterocycles. The van der Waals surface area contributed by atoms with Crippen molar-refractivity contribution in [3.8, 4) is 28.7 Å². The molecule has 0 unspecified atom stereocenters. The third-order valence-corrected chi connectivity index (χ3v) is 10.3. The zero-order valence-corrected chi connectivity index (χ0v) is 29.2. The van der Waals surface area contributed by atoms with Gasteiger partial charge in [-0.3, -0.25) is 19.4 Å². The Labute approximate surface area is 302 Å². The highest BCUT2D eigenvalue weighted by Crippen LogP contribution is 2.39. The number of carbonyl (C=O) groups excluding carboxylic acids is 2. The van der Waals surface area contributed by atoms with Crippen LogP contribution >= 0.6 is 0 Å². The quantitative estimate of drug-likeness (QED) is 0.222. The fourth-order valence-corrected chi connectivity index (χ4v) is 7.44. The van der Waals surface area contributed by atoms with Crippen LogP contribution < -0.4 is 14.4 Å². The van der Waals surface area contributed by atoms with E-state index in [1.54, 1.807) is 42.6 Å². The van der Waals surface area contributed by atoms with Crippen LogP contribution in [0.5, 0.6) is 23.0 Å². The summed E-state index contributed by atoms with van der Waals surface area (Å²) < 4.78 is 13.5. The molecule has 1 aromatic heterocycles. The Morgan fingerprint density at radius 2 is 1.42 bits per heavy atom. The lowest BCUT2D eigenvalue weighted by molar-refractivity contribution is 0.0535. The van der Waals surface area contributed by atoms with Crippen molar-refractivity contribution in [1.82, 2.24) is 19.3 Å². The number of nitrogens with zero attached hydrogens (tertiary/aromatic N) is 5. The van der Waals surface area contributed by atoms with Gasteiger partial charge < -0.3 is 34.1 Å². The molecule has 11 nitrogen and oxygen atoms in total. The Kier molecular flexibility index (Phi) is 8.82. The molecule has 0 aliphatic carbocycles. The van der Waals surface area contributed by atoms with Crippen molar-refractivity contribution in [2.45, 2.75) is 25.9 Å². The molecule has 3 aliphatic heterocycles. The minimum Gasteiger partial charge on any atom is -0.508 e. The summed E-state index contributed by atoms with van der Waals surface area (Å²) in [5.41, 5.74) is 5.65. The Hall–Kier alpha value is -5.78. The lowest BCUT2D eigenvalue weighted by Gasteiger charge is -2.41. The number of carbonyl (C=O) groups is 2. The van der Waals surface area contributed by atoms with E-state index in [1.807, 2.05) is 28.5 Å². The second kappa shape index (κ2) is 13.7. The summed E-state index contributed by atoms with van der Waals surface area (Å²) in [5, 5.41) is 19.9. The number of aryl methyl sites for hydroxylation is 1. The third kappa shape index (κ3) is 6.44. The van der Waals surface area contributed by atoms with Gasteiger partial charge in [-0.15, -0.1) is 0 Å². The number of amides is 2. The van der Waals surface area contributed by atoms with E-state index in [1.165, 1.54) is 34.7 Å². The average Bonchev–Trinajstić information content (AvgIpc) is 3.79. The summed E-state index contributed by atoms with van der Waals surface area (Å²) in [6, 6.07) is 26.4. The van der Waals surface area contributed by atoms with Gasteiger partial charge in [0.2, 0.25) is 6.79 Å². The van der Waals surface area contributed by atoms with Crippen molar-refractivity contribution in [1.29, 1.82) is 0 Å². The SMILES string of the molecule is Cc1cc(C(=O)N(c2ccc(O)cc2)c2ccc(O)cc2)cn1-c1cc2c(cc1C(=O)N1Cc3ccccc3C[C@H]1CN1CCN(C)CC1)OCO2. The normalized spacial score (nSPS) is 17.2. The Morgan fingerprint density at radius 1 is 0.808 bits per heavy atom. The number of benzene rings is 4. The molecule has 2 amide bonds. The monoisotopic (exact) mass is 699 g/mol. The van der Waals surface area contributed by atoms with E-state index in [0.29, 0.717) is 46.2 Å². The van der Waals surface area contributed by atoms with Gasteiger partial charge in [-0.1, -0.05) is 24.3 Å². The van der Waals surface area contributed by atoms with E-state index in [9.17, 15) is 19.8 Å². The van der Waals surface area contributed by atoms with Crippen LogP contribution in [0.4, 0.5) is 11.4 Å². The molecule has 3 aliphatic rings. The Morgan fingerprint density at radius 3 is 2.08 bits per heavy atom. The molecule has 1 atom stereocenters. The standard InChI is InChI=1S/C41H41N5O6/c1-27-19-30(40(49)46(31-7-11-34(47)12-8-31)32-9-13-35(48)14-10-32)24-44(27)37-22-39-38(51-26-52-39)21-36(37)41(50)45-23-29-6-4-3-5-28(29)20-33(45)25-43-17-15-42(2)16-18-43/h3-14,19,21-22,24,33,47-48H,15-18,20,23,25-26H2,1-2H3/t33-/m0/s1. The number of hydrogen-bond acceptors (Lipinski definition) is 8. The Balaban J connectivity index is 1.17. The zero-order valence-electron chi connectivity index (χ0n) is 29.2. The first-order valence-electron chi connectivity index (χ1n) is 17.6. The highest BCUT2D eigenvalue weighted by atomic mass is 16.7. The number of fused-ring (bicyclic) bond motifs is 2. The van der Waals surface area contributed by atoms with Crippen molar-refractivity contribution < 1.29 is 29.3 Å². The van der Waals surface area contributed by atoms with Gasteiger partial charge in [-0.05, 0) is 92.2 Å². The van der Waals surface area contributed by atoms with Crippen LogP contribution in [-0.4, -0.2) is 93.9 Å². The van der Waals surface area contributed by atoms with Gasteiger partial charge >= 0.3 is 0 Å². The van der Waals surface area contributed by atoms with E-state index in [2.05, 4.69) is 35.0 Å². The first kappa shape index (κ1) is 33.4. The maximum absolute atomic E-state index is 15.0. The number of anilines is 2. The Bertz CT molecular complexity index is 2080. The van der Waals surface area contributed by atoms with Crippen molar-refractivity contribution in [3.63, 3.8) is 0 Å². The van der Waals surface area contributed by atoms with Crippen molar-refractivity contribution in [2.24, 2.45) is 0 Å². The zero-order chi connectivity index (χ0) is 35.9. The molecular weight excluding hydrogens is 658 g/mol. The minimum absolute atomic E-state index is 0.0313. The average molecular weight is 700 g/mol. The summed E-state index contributed by atoms with van der Waals surface area (Å²) in [5.74, 6) is 0.746. The number of aromatic nitrogens is 1. The maximum atomic E-state index is 15.0. The molecule has 52 heavy (non-hydrogen) atoms. The number of aromatic hydroxyl groups is 2. The number of phenols is 2. The molecule has 1 fully saturated rings. The van der Waals surface area contributed by atoms with Gasteiger partial charge in [0.15, 0.2) is 11.5 Å². The first-order chi connectivity index (χ1) is 25.2. The summed E-state index contributed by atoms with van der Waals surface area (Å²) in [7, 11) is 2.14. The summed E-state index contributed by atoms with van der Waals surface area (Å²) in [4.78, 5) is 37.7. The van der Waals surface area contributed by atoms with Crippen molar-refractivity contribution in [2.75, 3.05) is 51.5 Å². The number of rotatable bonds is 7. The van der Waals surface area contributed by atoms with Crippen LogP contribution in [0.15, 0.2) is 97.2 Å².